The summed E-state index contributed by atoms with van der Waals surface area (Å²) in [5.41, 5.74) is 2.15. The third kappa shape index (κ3) is 2.79. The number of hydrogen-bond acceptors (Lipinski definition) is 3. The Hall–Kier alpha value is -1.06. The van der Waals surface area contributed by atoms with E-state index in [-0.39, 0.29) is 11.6 Å². The van der Waals surface area contributed by atoms with Crippen LogP contribution in [-0.2, 0) is 11.2 Å². The molecule has 94 valence electrons. The van der Waals surface area contributed by atoms with Gasteiger partial charge in [0.2, 0.25) is 0 Å². The summed E-state index contributed by atoms with van der Waals surface area (Å²) in [4.78, 5) is 0. The van der Waals surface area contributed by atoms with Gasteiger partial charge in [0.25, 0.3) is 0 Å². The van der Waals surface area contributed by atoms with Crippen molar-refractivity contribution in [2.45, 2.75) is 44.4 Å². The lowest BCUT2D eigenvalue weighted by molar-refractivity contribution is -0.0230. The highest BCUT2D eigenvalue weighted by Gasteiger charge is 2.31. The molecule has 2 atom stereocenters. The molecule has 1 heterocycles. The molecule has 0 saturated carbocycles. The van der Waals surface area contributed by atoms with Crippen LogP contribution in [0.4, 0.5) is 5.69 Å². The minimum absolute atomic E-state index is 0.0989. The van der Waals surface area contributed by atoms with Gasteiger partial charge in [-0.25, -0.2) is 0 Å². The van der Waals surface area contributed by atoms with E-state index in [1.165, 1.54) is 5.56 Å². The Balaban J connectivity index is 1.99. The van der Waals surface area contributed by atoms with Crippen molar-refractivity contribution in [3.8, 4) is 0 Å². The first-order valence-electron chi connectivity index (χ1n) is 6.09. The number of anilines is 1. The van der Waals surface area contributed by atoms with Crippen LogP contribution in [0.15, 0.2) is 24.3 Å². The third-order valence-corrected chi connectivity index (χ3v) is 3.52. The van der Waals surface area contributed by atoms with E-state index in [0.717, 1.165) is 12.1 Å². The van der Waals surface area contributed by atoms with Crippen LogP contribution < -0.4 is 5.32 Å². The Morgan fingerprint density at radius 2 is 2.18 bits per heavy atom. The molecule has 3 nitrogen and oxygen atoms in total. The predicted molar refractivity (Wildman–Crippen MR) is 69.3 cm³/mol. The quantitative estimate of drug-likeness (QED) is 0.840. The molecular weight excluding hydrogens is 214 g/mol. The van der Waals surface area contributed by atoms with E-state index in [9.17, 15) is 5.11 Å². The maximum absolute atomic E-state index is 10.2. The van der Waals surface area contributed by atoms with Crippen molar-refractivity contribution < 1.29 is 9.84 Å². The summed E-state index contributed by atoms with van der Waals surface area (Å²) in [5.74, 6) is 0. The van der Waals surface area contributed by atoms with Crippen LogP contribution in [0.25, 0.3) is 0 Å². The molecule has 0 spiro atoms. The topological polar surface area (TPSA) is 41.5 Å². The smallest absolute Gasteiger partial charge is 0.0771 e. The first-order chi connectivity index (χ1) is 8.02. The van der Waals surface area contributed by atoms with Crippen LogP contribution in [0.3, 0.4) is 0 Å². The number of methoxy groups -OCH3 is 1. The van der Waals surface area contributed by atoms with Crippen LogP contribution in [0, 0.1) is 0 Å². The number of fused-ring (bicyclic) bond motifs is 1. The van der Waals surface area contributed by atoms with E-state index in [1.807, 2.05) is 26.0 Å². The highest BCUT2D eigenvalue weighted by Crippen LogP contribution is 2.29. The Labute approximate surface area is 103 Å². The van der Waals surface area contributed by atoms with Gasteiger partial charge < -0.3 is 15.2 Å². The second-order valence-corrected chi connectivity index (χ2v) is 5.35. The molecule has 0 aliphatic carbocycles. The molecule has 1 aliphatic heterocycles. The second kappa shape index (κ2) is 4.67. The number of benzene rings is 1. The molecule has 2 N–H and O–H groups in total. The average Bonchev–Trinajstić information content (AvgIpc) is 2.72. The van der Waals surface area contributed by atoms with Crippen molar-refractivity contribution in [3.63, 3.8) is 0 Å². The monoisotopic (exact) mass is 235 g/mol. The maximum atomic E-state index is 10.2. The zero-order chi connectivity index (χ0) is 12.5. The highest BCUT2D eigenvalue weighted by atomic mass is 16.5. The van der Waals surface area contributed by atoms with Crippen molar-refractivity contribution in [1.82, 2.24) is 0 Å². The van der Waals surface area contributed by atoms with Gasteiger partial charge in [-0.05, 0) is 31.9 Å². The fourth-order valence-electron chi connectivity index (χ4n) is 2.29. The standard InChI is InChI=1S/C14H21NO2/c1-14(2,17-3)9-13(16)12-8-10-6-4-5-7-11(10)15-12/h4-7,12-13,15-16H,8-9H2,1-3H3. The van der Waals surface area contributed by atoms with E-state index in [4.69, 9.17) is 4.74 Å². The van der Waals surface area contributed by atoms with Gasteiger partial charge in [-0.2, -0.15) is 0 Å². The summed E-state index contributed by atoms with van der Waals surface area (Å²) in [6.45, 7) is 4.00. The molecule has 3 heteroatoms. The Morgan fingerprint density at radius 1 is 1.47 bits per heavy atom. The SMILES string of the molecule is COC(C)(C)CC(O)C1Cc2ccccc2N1. The molecule has 0 amide bonds. The van der Waals surface area contributed by atoms with E-state index >= 15 is 0 Å². The molecular formula is C14H21NO2. The van der Waals surface area contributed by atoms with Crippen LogP contribution in [0.2, 0.25) is 0 Å². The highest BCUT2D eigenvalue weighted by molar-refractivity contribution is 5.56. The van der Waals surface area contributed by atoms with E-state index in [2.05, 4.69) is 17.4 Å². The molecule has 0 aromatic heterocycles. The summed E-state index contributed by atoms with van der Waals surface area (Å²) in [7, 11) is 1.68. The Bertz CT molecular complexity index is 365. The van der Waals surface area contributed by atoms with E-state index in [0.29, 0.717) is 6.42 Å². The lowest BCUT2D eigenvalue weighted by Gasteiger charge is -2.29. The molecule has 0 bridgehead atoms. The normalized spacial score (nSPS) is 20.8. The molecule has 1 aliphatic rings. The molecule has 0 fully saturated rings. The van der Waals surface area contributed by atoms with Gasteiger partial charge in [0.05, 0.1) is 17.7 Å². The Morgan fingerprint density at radius 3 is 2.82 bits per heavy atom. The Kier molecular flexibility index (Phi) is 3.40. The number of rotatable bonds is 4. The summed E-state index contributed by atoms with van der Waals surface area (Å²) >= 11 is 0. The first-order valence-corrected chi connectivity index (χ1v) is 6.09. The van der Waals surface area contributed by atoms with Crippen molar-refractivity contribution in [3.05, 3.63) is 29.8 Å². The van der Waals surface area contributed by atoms with Gasteiger partial charge in [0, 0.05) is 19.2 Å². The zero-order valence-electron chi connectivity index (χ0n) is 10.7. The van der Waals surface area contributed by atoms with Gasteiger partial charge in [-0.15, -0.1) is 0 Å². The summed E-state index contributed by atoms with van der Waals surface area (Å²) in [6, 6.07) is 8.32. The average molecular weight is 235 g/mol. The fraction of sp³-hybridized carbons (Fsp3) is 0.571. The summed E-state index contributed by atoms with van der Waals surface area (Å²) < 4.78 is 5.36. The van der Waals surface area contributed by atoms with Gasteiger partial charge in [0.15, 0.2) is 0 Å². The second-order valence-electron chi connectivity index (χ2n) is 5.35. The van der Waals surface area contributed by atoms with Crippen LogP contribution in [0.1, 0.15) is 25.8 Å². The summed E-state index contributed by atoms with van der Waals surface area (Å²) in [5, 5.41) is 13.6. The fourth-order valence-corrected chi connectivity index (χ4v) is 2.29. The van der Waals surface area contributed by atoms with E-state index in [1.54, 1.807) is 7.11 Å². The molecule has 2 unspecified atom stereocenters. The summed E-state index contributed by atoms with van der Waals surface area (Å²) in [6.07, 6.45) is 1.13. The minimum Gasteiger partial charge on any atom is -0.391 e. The molecule has 17 heavy (non-hydrogen) atoms. The van der Waals surface area contributed by atoms with Crippen molar-refractivity contribution in [1.29, 1.82) is 0 Å². The molecule has 0 radical (unpaired) electrons. The number of aliphatic hydroxyl groups excluding tert-OH is 1. The van der Waals surface area contributed by atoms with Crippen LogP contribution >= 0.6 is 0 Å². The van der Waals surface area contributed by atoms with Gasteiger partial charge in [0.1, 0.15) is 0 Å². The third-order valence-electron chi connectivity index (χ3n) is 3.52. The first kappa shape index (κ1) is 12.4. The van der Waals surface area contributed by atoms with E-state index < -0.39 is 6.10 Å². The maximum Gasteiger partial charge on any atom is 0.0771 e. The molecule has 1 aromatic carbocycles. The lowest BCUT2D eigenvalue weighted by Crippen LogP contribution is -2.38. The lowest BCUT2D eigenvalue weighted by atomic mass is 9.94. The van der Waals surface area contributed by atoms with Gasteiger partial charge in [-0.3, -0.25) is 0 Å². The molecule has 2 rings (SSSR count). The largest absolute Gasteiger partial charge is 0.391 e. The van der Waals surface area contributed by atoms with Crippen molar-refractivity contribution in [2.75, 3.05) is 12.4 Å². The van der Waals surface area contributed by atoms with Gasteiger partial charge in [-0.1, -0.05) is 18.2 Å². The number of nitrogens with one attached hydrogen (secondary N) is 1. The van der Waals surface area contributed by atoms with Crippen molar-refractivity contribution >= 4 is 5.69 Å². The van der Waals surface area contributed by atoms with Crippen molar-refractivity contribution in [2.24, 2.45) is 0 Å². The van der Waals surface area contributed by atoms with Crippen LogP contribution in [0.5, 0.6) is 0 Å². The molecule has 1 aromatic rings. The zero-order valence-corrected chi connectivity index (χ0v) is 10.7. The molecule has 0 saturated heterocycles. The minimum atomic E-state index is -0.391. The number of hydrogen-bond donors (Lipinski definition) is 2. The predicted octanol–water partition coefficient (Wildman–Crippen LogP) is 2.20. The van der Waals surface area contributed by atoms with Gasteiger partial charge >= 0.3 is 0 Å². The van der Waals surface area contributed by atoms with Crippen LogP contribution in [-0.4, -0.2) is 30.0 Å². The number of aliphatic hydroxyl groups is 1. The number of para-hydroxylation sites is 1. The number of ether oxygens (including phenoxy) is 1.